The minimum absolute atomic E-state index is 0.0106. The van der Waals surface area contributed by atoms with Crippen molar-refractivity contribution in [1.29, 1.82) is 0 Å². The third kappa shape index (κ3) is 5.43. The highest BCUT2D eigenvalue weighted by molar-refractivity contribution is 7.92. The standard InChI is InChI=1S/C23H29N3O4S/c27-23(26(17-20-8-5-13-30-20)16-18-6-4-12-24-15-18)25-19-7-3-11-22(14-19)31(28,29)21-9-1-2-10-21/h3-4,6-7,11-12,14-15,20-21H,1-2,5,8-10,13,16-17H2,(H,25,27)/t20-/m0/s1. The summed E-state index contributed by atoms with van der Waals surface area (Å²) < 4.78 is 31.6. The van der Waals surface area contributed by atoms with E-state index in [1.807, 2.05) is 12.1 Å². The number of carbonyl (C=O) groups is 1. The highest BCUT2D eigenvalue weighted by Crippen LogP contribution is 2.30. The molecule has 1 aromatic heterocycles. The minimum Gasteiger partial charge on any atom is -0.376 e. The van der Waals surface area contributed by atoms with Crippen LogP contribution in [0.5, 0.6) is 0 Å². The third-order valence-corrected chi connectivity index (χ3v) is 8.25. The summed E-state index contributed by atoms with van der Waals surface area (Å²) >= 11 is 0. The van der Waals surface area contributed by atoms with E-state index >= 15 is 0 Å². The number of pyridine rings is 1. The van der Waals surface area contributed by atoms with Gasteiger partial charge in [0, 0.05) is 37.8 Å². The minimum atomic E-state index is -3.38. The summed E-state index contributed by atoms with van der Waals surface area (Å²) in [4.78, 5) is 19.2. The number of rotatable bonds is 7. The summed E-state index contributed by atoms with van der Waals surface area (Å²) in [6, 6.07) is 10.1. The van der Waals surface area contributed by atoms with Gasteiger partial charge in [-0.3, -0.25) is 4.98 Å². The molecule has 2 heterocycles. The zero-order valence-electron chi connectivity index (χ0n) is 17.6. The van der Waals surface area contributed by atoms with E-state index in [9.17, 15) is 13.2 Å². The van der Waals surface area contributed by atoms with Crippen molar-refractivity contribution in [2.24, 2.45) is 0 Å². The van der Waals surface area contributed by atoms with E-state index in [2.05, 4.69) is 10.3 Å². The number of amides is 2. The van der Waals surface area contributed by atoms with Gasteiger partial charge in [-0.1, -0.05) is 25.0 Å². The molecule has 0 radical (unpaired) electrons. The van der Waals surface area contributed by atoms with Crippen LogP contribution in [-0.2, 0) is 21.1 Å². The van der Waals surface area contributed by atoms with Gasteiger partial charge in [-0.2, -0.15) is 0 Å². The quantitative estimate of drug-likeness (QED) is 0.698. The van der Waals surface area contributed by atoms with E-state index in [0.717, 1.165) is 31.2 Å². The number of nitrogens with one attached hydrogen (secondary N) is 1. The van der Waals surface area contributed by atoms with Crippen LogP contribution in [0.15, 0.2) is 53.7 Å². The van der Waals surface area contributed by atoms with E-state index in [-0.39, 0.29) is 22.3 Å². The van der Waals surface area contributed by atoms with Crippen LogP contribution in [0, 0.1) is 0 Å². The molecule has 1 aromatic carbocycles. The van der Waals surface area contributed by atoms with Gasteiger partial charge in [-0.25, -0.2) is 13.2 Å². The molecule has 4 rings (SSSR count). The number of hydrogen-bond donors (Lipinski definition) is 1. The number of nitrogens with zero attached hydrogens (tertiary/aromatic N) is 2. The SMILES string of the molecule is O=C(Nc1cccc(S(=O)(=O)C2CCCC2)c1)N(Cc1cccnc1)C[C@@H]1CCCO1. The van der Waals surface area contributed by atoms with Crippen LogP contribution in [0.1, 0.15) is 44.1 Å². The predicted molar refractivity (Wildman–Crippen MR) is 119 cm³/mol. The second kappa shape index (κ2) is 9.78. The van der Waals surface area contributed by atoms with Crippen molar-refractivity contribution < 1.29 is 17.9 Å². The van der Waals surface area contributed by atoms with Crippen molar-refractivity contribution >= 4 is 21.6 Å². The average molecular weight is 444 g/mol. The number of ether oxygens (including phenoxy) is 1. The number of hydrogen-bond acceptors (Lipinski definition) is 5. The molecule has 2 fully saturated rings. The molecule has 1 N–H and O–H groups in total. The smallest absolute Gasteiger partial charge is 0.322 e. The highest BCUT2D eigenvalue weighted by atomic mass is 32.2. The molecule has 7 nitrogen and oxygen atoms in total. The van der Waals surface area contributed by atoms with Crippen LogP contribution < -0.4 is 5.32 Å². The second-order valence-electron chi connectivity index (χ2n) is 8.29. The lowest BCUT2D eigenvalue weighted by atomic mass is 10.2. The first-order valence-corrected chi connectivity index (χ1v) is 12.5. The Morgan fingerprint density at radius 1 is 1.13 bits per heavy atom. The van der Waals surface area contributed by atoms with Crippen LogP contribution in [0.3, 0.4) is 0 Å². The van der Waals surface area contributed by atoms with E-state index in [4.69, 9.17) is 4.74 Å². The number of carbonyl (C=O) groups excluding carboxylic acids is 1. The zero-order valence-corrected chi connectivity index (χ0v) is 18.4. The molecule has 0 bridgehead atoms. The van der Waals surface area contributed by atoms with Crippen LogP contribution in [0.4, 0.5) is 10.5 Å². The Balaban J connectivity index is 1.49. The Hall–Kier alpha value is -2.45. The van der Waals surface area contributed by atoms with Crippen molar-refractivity contribution in [2.45, 2.75) is 61.3 Å². The van der Waals surface area contributed by atoms with Gasteiger partial charge in [0.25, 0.3) is 0 Å². The first kappa shape index (κ1) is 21.8. The van der Waals surface area contributed by atoms with Crippen molar-refractivity contribution in [3.8, 4) is 0 Å². The van der Waals surface area contributed by atoms with E-state index < -0.39 is 9.84 Å². The van der Waals surface area contributed by atoms with Gasteiger partial charge in [0.05, 0.1) is 16.2 Å². The molecule has 1 atom stereocenters. The molecule has 1 saturated heterocycles. The average Bonchev–Trinajstić information content (AvgIpc) is 3.49. The van der Waals surface area contributed by atoms with Crippen molar-refractivity contribution in [3.05, 3.63) is 54.4 Å². The largest absolute Gasteiger partial charge is 0.376 e. The Morgan fingerprint density at radius 2 is 1.97 bits per heavy atom. The number of anilines is 1. The molecule has 0 unspecified atom stereocenters. The van der Waals surface area contributed by atoms with Gasteiger partial charge >= 0.3 is 6.03 Å². The molecule has 2 amide bonds. The number of aromatic nitrogens is 1. The van der Waals surface area contributed by atoms with Gasteiger partial charge in [0.1, 0.15) is 0 Å². The maximum atomic E-state index is 13.1. The fourth-order valence-corrected chi connectivity index (χ4v) is 6.21. The molecule has 0 spiro atoms. The molecule has 8 heteroatoms. The topological polar surface area (TPSA) is 88.6 Å². The Labute approximate surface area is 183 Å². The van der Waals surface area contributed by atoms with Crippen LogP contribution in [0.25, 0.3) is 0 Å². The van der Waals surface area contributed by atoms with Crippen LogP contribution in [-0.4, -0.2) is 48.8 Å². The fraction of sp³-hybridized carbons (Fsp3) is 0.478. The van der Waals surface area contributed by atoms with E-state index in [0.29, 0.717) is 38.2 Å². The fourth-order valence-electron chi connectivity index (χ4n) is 4.31. The summed E-state index contributed by atoms with van der Waals surface area (Å²) in [7, 11) is -3.38. The molecule has 166 valence electrons. The highest BCUT2D eigenvalue weighted by Gasteiger charge is 2.30. The Bertz CT molecular complexity index is 985. The molecule has 1 aliphatic heterocycles. The number of benzene rings is 1. The van der Waals surface area contributed by atoms with Crippen molar-refractivity contribution in [3.63, 3.8) is 0 Å². The van der Waals surface area contributed by atoms with E-state index in [1.165, 1.54) is 0 Å². The van der Waals surface area contributed by atoms with Gasteiger partial charge < -0.3 is 15.0 Å². The molecular formula is C23H29N3O4S. The zero-order chi connectivity index (χ0) is 21.7. The lowest BCUT2D eigenvalue weighted by Gasteiger charge is -2.26. The summed E-state index contributed by atoms with van der Waals surface area (Å²) in [6.07, 6.45) is 8.68. The van der Waals surface area contributed by atoms with Crippen molar-refractivity contribution in [2.75, 3.05) is 18.5 Å². The number of sulfone groups is 1. The Morgan fingerprint density at radius 3 is 2.68 bits per heavy atom. The molecule has 2 aromatic rings. The lowest BCUT2D eigenvalue weighted by Crippen LogP contribution is -2.39. The molecule has 2 aliphatic rings. The second-order valence-corrected chi connectivity index (χ2v) is 10.5. The molecule has 1 saturated carbocycles. The predicted octanol–water partition coefficient (Wildman–Crippen LogP) is 4.01. The van der Waals surface area contributed by atoms with Gasteiger partial charge in [-0.15, -0.1) is 0 Å². The summed E-state index contributed by atoms with van der Waals surface area (Å²) in [5, 5.41) is 2.57. The summed E-state index contributed by atoms with van der Waals surface area (Å²) in [5.74, 6) is 0. The van der Waals surface area contributed by atoms with Gasteiger partial charge in [0.2, 0.25) is 0 Å². The van der Waals surface area contributed by atoms with Crippen LogP contribution >= 0.6 is 0 Å². The Kier molecular flexibility index (Phi) is 6.87. The summed E-state index contributed by atoms with van der Waals surface area (Å²) in [5.41, 5.74) is 1.40. The normalized spacial score (nSPS) is 19.4. The monoisotopic (exact) mass is 443 g/mol. The molecule has 31 heavy (non-hydrogen) atoms. The van der Waals surface area contributed by atoms with E-state index in [1.54, 1.807) is 41.6 Å². The van der Waals surface area contributed by atoms with Gasteiger partial charge in [-0.05, 0) is 55.5 Å². The van der Waals surface area contributed by atoms with Crippen molar-refractivity contribution in [1.82, 2.24) is 9.88 Å². The first-order chi connectivity index (χ1) is 15.0. The maximum absolute atomic E-state index is 13.1. The first-order valence-electron chi connectivity index (χ1n) is 10.9. The molecule has 1 aliphatic carbocycles. The lowest BCUT2D eigenvalue weighted by molar-refractivity contribution is 0.0819. The van der Waals surface area contributed by atoms with Gasteiger partial charge in [0.15, 0.2) is 9.84 Å². The summed E-state index contributed by atoms with van der Waals surface area (Å²) in [6.45, 7) is 1.59. The molecular weight excluding hydrogens is 414 g/mol. The number of urea groups is 1. The maximum Gasteiger partial charge on any atom is 0.322 e. The van der Waals surface area contributed by atoms with Crippen LogP contribution in [0.2, 0.25) is 0 Å². The third-order valence-electron chi connectivity index (χ3n) is 5.99.